The van der Waals surface area contributed by atoms with E-state index in [0.717, 1.165) is 0 Å². The number of hydrogen-bond donors (Lipinski definition) is 2. The molecule has 0 fully saturated rings. The van der Waals surface area contributed by atoms with E-state index in [1.807, 2.05) is 0 Å². The molecule has 0 aliphatic rings. The zero-order valence-corrected chi connectivity index (χ0v) is 11.1. The van der Waals surface area contributed by atoms with Crippen LogP contribution in [0.2, 0.25) is 0 Å². The monoisotopic (exact) mass is 319 g/mol. The van der Waals surface area contributed by atoms with Gasteiger partial charge in [0.25, 0.3) is 0 Å². The molecule has 0 atom stereocenters. The third-order valence-corrected chi connectivity index (χ3v) is 3.56. The van der Waals surface area contributed by atoms with Crippen molar-refractivity contribution in [1.82, 2.24) is 4.72 Å². The summed E-state index contributed by atoms with van der Waals surface area (Å²) in [6, 6.07) is 4.95. The molecule has 17 heavy (non-hydrogen) atoms. The third kappa shape index (κ3) is 3.95. The highest BCUT2D eigenvalue weighted by molar-refractivity contribution is 9.11. The highest BCUT2D eigenvalue weighted by Gasteiger charge is 2.14. The molecule has 1 aromatic rings. The number of sulfonamides is 1. The second kappa shape index (κ2) is 5.44. The number of carboxylic acid groups (broad SMARTS) is 1. The molecule has 0 amide bonds. The first-order valence-corrected chi connectivity index (χ1v) is 6.77. The minimum absolute atomic E-state index is 0.0104. The van der Waals surface area contributed by atoms with Gasteiger partial charge in [-0.3, -0.25) is 0 Å². The molecule has 0 bridgehead atoms. The number of carbonyl (C=O) groups is 1. The number of nitrogens with one attached hydrogen (secondary N) is 1. The van der Waals surface area contributed by atoms with Gasteiger partial charge in [-0.2, -0.15) is 0 Å². The first-order valence-electron chi connectivity index (χ1n) is 4.49. The Kier molecular flexibility index (Phi) is 4.44. The zero-order chi connectivity index (χ0) is 13.1. The fraction of sp³-hybridized carbons (Fsp3) is 0.100. The van der Waals surface area contributed by atoms with Gasteiger partial charge in [0, 0.05) is 11.0 Å². The molecule has 0 saturated heterocycles. The number of halogens is 1. The van der Waals surface area contributed by atoms with Crippen LogP contribution in [0.15, 0.2) is 40.2 Å². The highest BCUT2D eigenvalue weighted by Crippen LogP contribution is 2.11. The smallest absolute Gasteiger partial charge is 0.335 e. The molecular formula is C10H10BrNO4S. The van der Waals surface area contributed by atoms with Gasteiger partial charge < -0.3 is 5.11 Å². The molecular weight excluding hydrogens is 310 g/mol. The molecule has 7 heteroatoms. The van der Waals surface area contributed by atoms with Crippen molar-refractivity contribution in [2.24, 2.45) is 0 Å². The molecule has 0 aliphatic carbocycles. The molecule has 92 valence electrons. The van der Waals surface area contributed by atoms with E-state index in [1.54, 1.807) is 0 Å². The molecule has 1 rings (SSSR count). The summed E-state index contributed by atoms with van der Waals surface area (Å²) in [5.74, 6) is -1.10. The van der Waals surface area contributed by atoms with E-state index in [4.69, 9.17) is 5.11 Å². The van der Waals surface area contributed by atoms with Gasteiger partial charge in [-0.15, -0.1) is 0 Å². The van der Waals surface area contributed by atoms with Gasteiger partial charge in [0.1, 0.15) is 0 Å². The average molecular weight is 320 g/mol. The normalized spacial score (nSPS) is 11.1. The van der Waals surface area contributed by atoms with Crippen LogP contribution < -0.4 is 4.72 Å². The Bertz CT molecular complexity index is 536. The van der Waals surface area contributed by atoms with Crippen molar-refractivity contribution < 1.29 is 18.3 Å². The summed E-state index contributed by atoms with van der Waals surface area (Å²) in [5, 5.41) is 8.67. The molecule has 0 radical (unpaired) electrons. The number of hydrogen-bond acceptors (Lipinski definition) is 3. The fourth-order valence-corrected chi connectivity index (χ4v) is 2.38. The van der Waals surface area contributed by atoms with Crippen LogP contribution in [0, 0.1) is 0 Å². The standard InChI is InChI=1S/C10H10BrNO4S/c1-7(11)6-12-17(15,16)9-4-2-8(3-5-9)10(13)14/h2-5,12H,1,6H2,(H,13,14). The van der Waals surface area contributed by atoms with Crippen molar-refractivity contribution in [3.05, 3.63) is 40.9 Å². The predicted molar refractivity (Wildman–Crippen MR) is 66.7 cm³/mol. The van der Waals surface area contributed by atoms with Crippen LogP contribution in [0.1, 0.15) is 10.4 Å². The summed E-state index contributed by atoms with van der Waals surface area (Å²) >= 11 is 3.03. The molecule has 5 nitrogen and oxygen atoms in total. The van der Waals surface area contributed by atoms with Gasteiger partial charge in [-0.1, -0.05) is 22.5 Å². The minimum atomic E-state index is -3.63. The summed E-state index contributed by atoms with van der Waals surface area (Å²) in [7, 11) is -3.63. The highest BCUT2D eigenvalue weighted by atomic mass is 79.9. The first-order chi connectivity index (χ1) is 7.83. The molecule has 0 heterocycles. The number of benzene rings is 1. The number of aromatic carboxylic acids is 1. The van der Waals surface area contributed by atoms with E-state index in [2.05, 4.69) is 27.2 Å². The van der Waals surface area contributed by atoms with Crippen molar-refractivity contribution in [1.29, 1.82) is 0 Å². The van der Waals surface area contributed by atoms with Gasteiger partial charge in [0.05, 0.1) is 10.5 Å². The van der Waals surface area contributed by atoms with Crippen molar-refractivity contribution in [2.75, 3.05) is 6.54 Å². The Hall–Kier alpha value is -1.18. The molecule has 0 aromatic heterocycles. The third-order valence-electron chi connectivity index (χ3n) is 1.87. The Labute approximate surface area is 107 Å². The lowest BCUT2D eigenvalue weighted by Gasteiger charge is -2.05. The van der Waals surface area contributed by atoms with Gasteiger partial charge in [0.2, 0.25) is 10.0 Å². The topological polar surface area (TPSA) is 83.5 Å². The summed E-state index contributed by atoms with van der Waals surface area (Å²) < 4.78 is 26.2. The maximum atomic E-state index is 11.7. The van der Waals surface area contributed by atoms with Crippen LogP contribution in [0.3, 0.4) is 0 Å². The average Bonchev–Trinajstić information content (AvgIpc) is 2.27. The van der Waals surface area contributed by atoms with Crippen molar-refractivity contribution in [3.8, 4) is 0 Å². The Morgan fingerprint density at radius 2 is 1.88 bits per heavy atom. The maximum Gasteiger partial charge on any atom is 0.335 e. The lowest BCUT2D eigenvalue weighted by atomic mass is 10.2. The summed E-state index contributed by atoms with van der Waals surface area (Å²) in [5.41, 5.74) is 0.0360. The van der Waals surface area contributed by atoms with Gasteiger partial charge in [0.15, 0.2) is 0 Å². The summed E-state index contributed by atoms with van der Waals surface area (Å²) in [6.07, 6.45) is 0. The van der Waals surface area contributed by atoms with Crippen molar-refractivity contribution in [2.45, 2.75) is 4.90 Å². The van der Waals surface area contributed by atoms with E-state index >= 15 is 0 Å². The van der Waals surface area contributed by atoms with Crippen LogP contribution in [0.5, 0.6) is 0 Å². The molecule has 1 aromatic carbocycles. The Morgan fingerprint density at radius 3 is 2.29 bits per heavy atom. The second-order valence-electron chi connectivity index (χ2n) is 3.17. The van der Waals surface area contributed by atoms with E-state index in [9.17, 15) is 13.2 Å². The lowest BCUT2D eigenvalue weighted by molar-refractivity contribution is 0.0697. The molecule has 0 spiro atoms. The van der Waals surface area contributed by atoms with Crippen LogP contribution in [0.4, 0.5) is 0 Å². The SMILES string of the molecule is C=C(Br)CNS(=O)(=O)c1ccc(C(=O)O)cc1. The molecule has 0 aliphatic heterocycles. The zero-order valence-electron chi connectivity index (χ0n) is 8.68. The number of rotatable bonds is 5. The Balaban J connectivity index is 2.92. The maximum absolute atomic E-state index is 11.7. The molecule has 0 unspecified atom stereocenters. The predicted octanol–water partition coefficient (Wildman–Crippen LogP) is 1.57. The van der Waals surface area contributed by atoms with E-state index in [0.29, 0.717) is 4.48 Å². The Morgan fingerprint density at radius 1 is 1.35 bits per heavy atom. The van der Waals surface area contributed by atoms with Crippen molar-refractivity contribution in [3.63, 3.8) is 0 Å². The van der Waals surface area contributed by atoms with Crippen LogP contribution in [-0.2, 0) is 10.0 Å². The number of carboxylic acids is 1. The molecule has 0 saturated carbocycles. The fourth-order valence-electron chi connectivity index (χ4n) is 1.03. The quantitative estimate of drug-likeness (QED) is 0.863. The van der Waals surface area contributed by atoms with E-state index in [-0.39, 0.29) is 17.0 Å². The first kappa shape index (κ1) is 13.9. The second-order valence-corrected chi connectivity index (χ2v) is 6.06. The summed E-state index contributed by atoms with van der Waals surface area (Å²) in [4.78, 5) is 10.6. The van der Waals surface area contributed by atoms with Crippen molar-refractivity contribution >= 4 is 31.9 Å². The minimum Gasteiger partial charge on any atom is -0.478 e. The van der Waals surface area contributed by atoms with Crippen LogP contribution >= 0.6 is 15.9 Å². The lowest BCUT2D eigenvalue weighted by Crippen LogP contribution is -2.24. The molecule has 2 N–H and O–H groups in total. The van der Waals surface area contributed by atoms with E-state index in [1.165, 1.54) is 24.3 Å². The van der Waals surface area contributed by atoms with Gasteiger partial charge in [-0.05, 0) is 24.3 Å². The summed E-state index contributed by atoms with van der Waals surface area (Å²) in [6.45, 7) is 3.57. The van der Waals surface area contributed by atoms with E-state index < -0.39 is 16.0 Å². The largest absolute Gasteiger partial charge is 0.478 e. The van der Waals surface area contributed by atoms with Crippen LogP contribution in [-0.4, -0.2) is 26.0 Å². The van der Waals surface area contributed by atoms with Gasteiger partial charge >= 0.3 is 5.97 Å². The van der Waals surface area contributed by atoms with Gasteiger partial charge in [-0.25, -0.2) is 17.9 Å². The van der Waals surface area contributed by atoms with Crippen LogP contribution in [0.25, 0.3) is 0 Å².